The number of aliphatic hydroxyl groups excluding tert-OH is 1. The highest BCUT2D eigenvalue weighted by Crippen LogP contribution is 2.42. The zero-order valence-electron chi connectivity index (χ0n) is 16.8. The van der Waals surface area contributed by atoms with Crippen LogP contribution in [0, 0.1) is 0 Å². The van der Waals surface area contributed by atoms with E-state index in [0.717, 1.165) is 29.7 Å². The smallest absolute Gasteiger partial charge is 0.226 e. The fraction of sp³-hybridized carbons (Fsp3) is 0.476. The van der Waals surface area contributed by atoms with E-state index in [-0.39, 0.29) is 18.4 Å². The van der Waals surface area contributed by atoms with Gasteiger partial charge in [0.15, 0.2) is 23.1 Å². The molecule has 0 amide bonds. The van der Waals surface area contributed by atoms with Crippen molar-refractivity contribution >= 4 is 11.7 Å². The molecule has 2 aliphatic rings. The van der Waals surface area contributed by atoms with Crippen LogP contribution in [0.2, 0.25) is 0 Å². The Balaban J connectivity index is 1.81. The van der Waals surface area contributed by atoms with Crippen LogP contribution in [0.4, 0.5) is 5.95 Å². The highest BCUT2D eigenvalue weighted by molar-refractivity contribution is 5.99. The number of hydrogen-bond donors (Lipinski definition) is 2. The van der Waals surface area contributed by atoms with Crippen molar-refractivity contribution in [2.75, 3.05) is 25.6 Å². The molecule has 1 unspecified atom stereocenters. The van der Waals surface area contributed by atoms with E-state index in [4.69, 9.17) is 14.6 Å². The number of hydrogen-bond acceptors (Lipinski definition) is 7. The lowest BCUT2D eigenvalue weighted by atomic mass is 9.85. The minimum atomic E-state index is -0.367. The van der Waals surface area contributed by atoms with Gasteiger partial charge in [-0.05, 0) is 43.9 Å². The third-order valence-corrected chi connectivity index (χ3v) is 5.27. The molecule has 1 aromatic heterocycles. The van der Waals surface area contributed by atoms with E-state index < -0.39 is 0 Å². The molecule has 154 valence electrons. The summed E-state index contributed by atoms with van der Waals surface area (Å²) in [5.74, 6) is 2.70. The van der Waals surface area contributed by atoms with Gasteiger partial charge in [0.2, 0.25) is 5.95 Å². The Morgan fingerprint density at radius 1 is 1.31 bits per heavy atom. The van der Waals surface area contributed by atoms with Crippen molar-refractivity contribution in [3.05, 3.63) is 40.9 Å². The molecular formula is C21H26N4O4. The summed E-state index contributed by atoms with van der Waals surface area (Å²) in [5.41, 5.74) is 2.57. The van der Waals surface area contributed by atoms with Crippen LogP contribution in [0.15, 0.2) is 29.5 Å². The van der Waals surface area contributed by atoms with E-state index in [1.165, 1.54) is 0 Å². The number of nitrogens with zero attached hydrogens (tertiary/aromatic N) is 3. The number of anilines is 1. The second kappa shape index (κ2) is 8.24. The van der Waals surface area contributed by atoms with Crippen molar-refractivity contribution in [1.82, 2.24) is 14.8 Å². The van der Waals surface area contributed by atoms with Gasteiger partial charge in [0.1, 0.15) is 6.04 Å². The van der Waals surface area contributed by atoms with E-state index in [9.17, 15) is 4.79 Å². The van der Waals surface area contributed by atoms with E-state index in [2.05, 4.69) is 15.4 Å². The van der Waals surface area contributed by atoms with Crippen molar-refractivity contribution in [2.45, 2.75) is 45.1 Å². The number of carbonyl (C=O) groups is 1. The van der Waals surface area contributed by atoms with Gasteiger partial charge in [0, 0.05) is 30.7 Å². The van der Waals surface area contributed by atoms with E-state index in [1.54, 1.807) is 11.8 Å². The summed E-state index contributed by atoms with van der Waals surface area (Å²) >= 11 is 0. The van der Waals surface area contributed by atoms with Crippen LogP contribution < -0.4 is 14.8 Å². The SMILES string of the molecule is CCOc1ccc(C2C3=C(CCCC3=O)Nc3nc(CCCO)nn32)cc1OC. The maximum Gasteiger partial charge on any atom is 0.226 e. The number of aromatic nitrogens is 3. The van der Waals surface area contributed by atoms with Gasteiger partial charge >= 0.3 is 0 Å². The number of aryl methyl sites for hydroxylation is 1. The van der Waals surface area contributed by atoms with Crippen LogP contribution in [0.25, 0.3) is 0 Å². The zero-order chi connectivity index (χ0) is 20.4. The number of benzene rings is 1. The molecule has 1 aromatic carbocycles. The van der Waals surface area contributed by atoms with Gasteiger partial charge in [-0.15, -0.1) is 0 Å². The Hall–Kier alpha value is -2.87. The third kappa shape index (κ3) is 3.60. The molecule has 29 heavy (non-hydrogen) atoms. The van der Waals surface area contributed by atoms with E-state index in [0.29, 0.717) is 49.1 Å². The summed E-state index contributed by atoms with van der Waals surface area (Å²) in [6.45, 7) is 2.55. The topological polar surface area (TPSA) is 98.5 Å². The fourth-order valence-electron chi connectivity index (χ4n) is 3.98. The first-order valence-corrected chi connectivity index (χ1v) is 10.1. The lowest BCUT2D eigenvalue weighted by Gasteiger charge is -2.32. The van der Waals surface area contributed by atoms with Crippen LogP contribution >= 0.6 is 0 Å². The van der Waals surface area contributed by atoms with Crippen molar-refractivity contribution in [3.63, 3.8) is 0 Å². The molecule has 2 heterocycles. The molecule has 1 atom stereocenters. The molecule has 0 radical (unpaired) electrons. The summed E-state index contributed by atoms with van der Waals surface area (Å²) in [5, 5.41) is 17.1. The average molecular weight is 398 g/mol. The number of aliphatic hydroxyl groups is 1. The van der Waals surface area contributed by atoms with Crippen LogP contribution in [0.1, 0.15) is 50.0 Å². The third-order valence-electron chi connectivity index (χ3n) is 5.27. The first-order valence-electron chi connectivity index (χ1n) is 10.1. The van der Waals surface area contributed by atoms with Gasteiger partial charge < -0.3 is 19.9 Å². The molecule has 8 heteroatoms. The minimum absolute atomic E-state index is 0.0874. The number of Topliss-reactive ketones (excluding diaryl/α,β-unsaturated/α-hetero) is 1. The second-order valence-electron chi connectivity index (χ2n) is 7.16. The highest BCUT2D eigenvalue weighted by Gasteiger charge is 2.37. The number of ether oxygens (including phenoxy) is 2. The average Bonchev–Trinajstić information content (AvgIpc) is 3.14. The normalized spacial score (nSPS) is 18.2. The number of ketones is 1. The maximum atomic E-state index is 12.9. The molecule has 0 saturated carbocycles. The Kier molecular flexibility index (Phi) is 5.53. The molecule has 4 rings (SSSR count). The molecule has 0 spiro atoms. The Morgan fingerprint density at radius 3 is 2.93 bits per heavy atom. The summed E-state index contributed by atoms with van der Waals surface area (Å²) in [6.07, 6.45) is 3.35. The first kappa shape index (κ1) is 19.4. The summed E-state index contributed by atoms with van der Waals surface area (Å²) < 4.78 is 12.9. The predicted molar refractivity (Wildman–Crippen MR) is 107 cm³/mol. The second-order valence-corrected chi connectivity index (χ2v) is 7.16. The van der Waals surface area contributed by atoms with Crippen molar-refractivity contribution in [3.8, 4) is 11.5 Å². The number of carbonyl (C=O) groups excluding carboxylic acids is 1. The molecule has 0 saturated heterocycles. The zero-order valence-corrected chi connectivity index (χ0v) is 16.8. The van der Waals surface area contributed by atoms with Crippen LogP contribution in [-0.2, 0) is 11.2 Å². The van der Waals surface area contributed by atoms with Gasteiger partial charge in [-0.3, -0.25) is 4.79 Å². The molecule has 1 aliphatic heterocycles. The largest absolute Gasteiger partial charge is 0.493 e. The van der Waals surface area contributed by atoms with Crippen LogP contribution in [0.5, 0.6) is 11.5 Å². The number of nitrogens with one attached hydrogen (secondary N) is 1. The number of methoxy groups -OCH3 is 1. The first-order chi connectivity index (χ1) is 14.2. The summed E-state index contributed by atoms with van der Waals surface area (Å²) in [4.78, 5) is 17.5. The minimum Gasteiger partial charge on any atom is -0.493 e. The quantitative estimate of drug-likeness (QED) is 0.740. The molecule has 2 N–H and O–H groups in total. The van der Waals surface area contributed by atoms with Gasteiger partial charge in [-0.1, -0.05) is 6.07 Å². The molecule has 1 aliphatic carbocycles. The summed E-state index contributed by atoms with van der Waals surface area (Å²) in [7, 11) is 1.61. The van der Waals surface area contributed by atoms with Gasteiger partial charge in [-0.2, -0.15) is 10.1 Å². The molecule has 2 aromatic rings. The molecule has 8 nitrogen and oxygen atoms in total. The molecule has 0 bridgehead atoms. The number of allylic oxidation sites excluding steroid dienone is 2. The van der Waals surface area contributed by atoms with Gasteiger partial charge in [-0.25, -0.2) is 4.68 Å². The lowest BCUT2D eigenvalue weighted by molar-refractivity contribution is -0.116. The van der Waals surface area contributed by atoms with Crippen molar-refractivity contribution in [1.29, 1.82) is 0 Å². The Labute approximate surface area is 169 Å². The van der Waals surface area contributed by atoms with Crippen molar-refractivity contribution in [2.24, 2.45) is 0 Å². The number of rotatable bonds is 7. The fourth-order valence-corrected chi connectivity index (χ4v) is 3.98. The monoisotopic (exact) mass is 398 g/mol. The van der Waals surface area contributed by atoms with E-state index in [1.807, 2.05) is 25.1 Å². The Bertz CT molecular complexity index is 950. The van der Waals surface area contributed by atoms with Gasteiger partial charge in [0.05, 0.1) is 13.7 Å². The lowest BCUT2D eigenvalue weighted by Crippen LogP contribution is -2.31. The highest BCUT2D eigenvalue weighted by atomic mass is 16.5. The number of fused-ring (bicyclic) bond motifs is 1. The van der Waals surface area contributed by atoms with E-state index >= 15 is 0 Å². The van der Waals surface area contributed by atoms with Crippen LogP contribution in [0.3, 0.4) is 0 Å². The summed E-state index contributed by atoms with van der Waals surface area (Å²) in [6, 6.07) is 5.37. The van der Waals surface area contributed by atoms with Crippen LogP contribution in [-0.4, -0.2) is 46.0 Å². The predicted octanol–water partition coefficient (Wildman–Crippen LogP) is 2.63. The van der Waals surface area contributed by atoms with Crippen molar-refractivity contribution < 1.29 is 19.4 Å². The maximum absolute atomic E-state index is 12.9. The van der Waals surface area contributed by atoms with Gasteiger partial charge in [0.25, 0.3) is 0 Å². The molecule has 0 fully saturated rings. The molecular weight excluding hydrogens is 372 g/mol. The standard InChI is InChI=1S/C21H26N4O4/c1-3-29-16-10-9-13(12-17(16)28-2)20-19-14(6-4-7-15(19)27)22-21-23-18(8-5-11-26)24-25(20)21/h9-10,12,20,26H,3-8,11H2,1-2H3,(H,22,23,24). The Morgan fingerprint density at radius 2 is 2.17 bits per heavy atom.